The molecule has 1 atom stereocenters. The maximum absolute atomic E-state index is 12.4. The van der Waals surface area contributed by atoms with Crippen molar-refractivity contribution in [1.82, 2.24) is 10.2 Å². The van der Waals surface area contributed by atoms with Crippen molar-refractivity contribution in [2.75, 3.05) is 26.2 Å². The van der Waals surface area contributed by atoms with Gasteiger partial charge in [0.1, 0.15) is 5.75 Å². The van der Waals surface area contributed by atoms with E-state index in [2.05, 4.69) is 16.3 Å². The zero-order valence-electron chi connectivity index (χ0n) is 17.1. The molecule has 2 aromatic rings. The van der Waals surface area contributed by atoms with Crippen LogP contribution in [0.5, 0.6) is 5.75 Å². The average molecular weight is 437 g/mol. The van der Waals surface area contributed by atoms with Gasteiger partial charge in [-0.25, -0.2) is 0 Å². The van der Waals surface area contributed by atoms with Crippen molar-refractivity contribution in [3.8, 4) is 5.75 Å². The molecule has 1 heterocycles. The van der Waals surface area contributed by atoms with Gasteiger partial charge in [-0.2, -0.15) is 0 Å². The van der Waals surface area contributed by atoms with Gasteiger partial charge in [-0.1, -0.05) is 48.4 Å². The van der Waals surface area contributed by atoms with Gasteiger partial charge in [0.25, 0.3) is 5.91 Å². The first-order valence-electron chi connectivity index (χ1n) is 10.0. The summed E-state index contributed by atoms with van der Waals surface area (Å²) in [5.41, 5.74) is 3.29. The third-order valence-electron chi connectivity index (χ3n) is 5.50. The third kappa shape index (κ3) is 6.36. The summed E-state index contributed by atoms with van der Waals surface area (Å²) in [6.45, 7) is 6.65. The molecule has 6 heteroatoms. The molecule has 3 rings (SSSR count). The average Bonchev–Trinajstić information content (AvgIpc) is 2.71. The lowest BCUT2D eigenvalue weighted by Crippen LogP contribution is -2.41. The Bertz CT molecular complexity index is 807. The molecule has 0 radical (unpaired) electrons. The number of nitrogens with zero attached hydrogens (tertiary/aromatic N) is 1. The van der Waals surface area contributed by atoms with Gasteiger partial charge in [0.2, 0.25) is 0 Å². The van der Waals surface area contributed by atoms with E-state index in [9.17, 15) is 4.79 Å². The fourth-order valence-electron chi connectivity index (χ4n) is 3.70. The highest BCUT2D eigenvalue weighted by Gasteiger charge is 2.24. The Morgan fingerprint density at radius 2 is 1.83 bits per heavy atom. The number of hydrogen-bond donors (Lipinski definition) is 1. The second kappa shape index (κ2) is 11.4. The quantitative estimate of drug-likeness (QED) is 0.655. The number of benzene rings is 2. The molecule has 0 aliphatic carbocycles. The minimum Gasteiger partial charge on any atom is -0.483 e. The molecule has 1 unspecified atom stereocenters. The number of hydrogen-bond acceptors (Lipinski definition) is 3. The Hall–Kier alpha value is -1.75. The summed E-state index contributed by atoms with van der Waals surface area (Å²) in [6.07, 6.45) is 3.64. The van der Waals surface area contributed by atoms with Gasteiger partial charge < -0.3 is 10.1 Å². The number of carbonyl (C=O) groups is 1. The molecule has 0 bridgehead atoms. The fraction of sp³-hybridized carbons (Fsp3) is 0.435. The van der Waals surface area contributed by atoms with E-state index in [0.29, 0.717) is 6.54 Å². The number of rotatable bonds is 7. The molecule has 1 fully saturated rings. The van der Waals surface area contributed by atoms with Gasteiger partial charge in [0.05, 0.1) is 6.04 Å². The molecule has 29 heavy (non-hydrogen) atoms. The predicted octanol–water partition coefficient (Wildman–Crippen LogP) is 5.10. The summed E-state index contributed by atoms with van der Waals surface area (Å²) >= 11 is 6.46. The molecular weight excluding hydrogens is 407 g/mol. The third-order valence-corrected chi connectivity index (χ3v) is 5.85. The Morgan fingerprint density at radius 3 is 2.55 bits per heavy atom. The molecular formula is C23H30Cl2N2O2. The standard InChI is InChI=1S/C23H29ClN2O2.ClH/c1-17-9-8-12-22(18(17)2)28-16-23(27)25-15-21(26-13-6-3-7-14-26)19-10-4-5-11-20(19)24;/h4-5,8-12,21H,3,6-7,13-16H2,1-2H3,(H,25,27);1H. The number of piperidine rings is 1. The lowest BCUT2D eigenvalue weighted by Gasteiger charge is -2.35. The van der Waals surface area contributed by atoms with Crippen LogP contribution in [0.2, 0.25) is 5.02 Å². The zero-order chi connectivity index (χ0) is 19.9. The van der Waals surface area contributed by atoms with Gasteiger partial charge in [0.15, 0.2) is 6.61 Å². The van der Waals surface area contributed by atoms with Crippen LogP contribution >= 0.6 is 24.0 Å². The van der Waals surface area contributed by atoms with E-state index in [1.807, 2.05) is 50.2 Å². The van der Waals surface area contributed by atoms with Crippen molar-refractivity contribution in [3.63, 3.8) is 0 Å². The Kier molecular flexibility index (Phi) is 9.28. The van der Waals surface area contributed by atoms with Crippen LogP contribution in [0.25, 0.3) is 0 Å². The monoisotopic (exact) mass is 436 g/mol. The van der Waals surface area contributed by atoms with Crippen molar-refractivity contribution < 1.29 is 9.53 Å². The zero-order valence-corrected chi connectivity index (χ0v) is 18.7. The molecule has 1 aliphatic heterocycles. The molecule has 0 saturated carbocycles. The number of nitrogens with one attached hydrogen (secondary N) is 1. The number of halogens is 2. The smallest absolute Gasteiger partial charge is 0.258 e. The van der Waals surface area contributed by atoms with Crippen molar-refractivity contribution in [2.45, 2.75) is 39.2 Å². The summed E-state index contributed by atoms with van der Waals surface area (Å²) in [7, 11) is 0. The minimum absolute atomic E-state index is 0. The summed E-state index contributed by atoms with van der Waals surface area (Å²) in [5.74, 6) is 0.642. The van der Waals surface area contributed by atoms with E-state index >= 15 is 0 Å². The molecule has 1 saturated heterocycles. The van der Waals surface area contributed by atoms with E-state index in [4.69, 9.17) is 16.3 Å². The van der Waals surface area contributed by atoms with E-state index in [1.54, 1.807) is 0 Å². The first-order valence-corrected chi connectivity index (χ1v) is 10.4. The van der Waals surface area contributed by atoms with Crippen LogP contribution in [-0.2, 0) is 4.79 Å². The van der Waals surface area contributed by atoms with Gasteiger partial charge in [0, 0.05) is 11.6 Å². The van der Waals surface area contributed by atoms with E-state index in [1.165, 1.54) is 19.3 Å². The maximum atomic E-state index is 12.4. The van der Waals surface area contributed by atoms with Crippen molar-refractivity contribution >= 4 is 29.9 Å². The van der Waals surface area contributed by atoms with E-state index in [-0.39, 0.29) is 31.0 Å². The molecule has 158 valence electrons. The summed E-state index contributed by atoms with van der Waals surface area (Å²) in [4.78, 5) is 14.9. The van der Waals surface area contributed by atoms with Crippen LogP contribution < -0.4 is 10.1 Å². The van der Waals surface area contributed by atoms with Crippen molar-refractivity contribution in [1.29, 1.82) is 0 Å². The van der Waals surface area contributed by atoms with Crippen molar-refractivity contribution in [3.05, 3.63) is 64.2 Å². The first-order chi connectivity index (χ1) is 13.6. The lowest BCUT2D eigenvalue weighted by atomic mass is 10.0. The topological polar surface area (TPSA) is 41.6 Å². The highest BCUT2D eigenvalue weighted by molar-refractivity contribution is 6.31. The van der Waals surface area contributed by atoms with E-state index < -0.39 is 0 Å². The largest absolute Gasteiger partial charge is 0.483 e. The Labute approximate surface area is 185 Å². The highest BCUT2D eigenvalue weighted by Crippen LogP contribution is 2.29. The number of likely N-dealkylation sites (tertiary alicyclic amines) is 1. The van der Waals surface area contributed by atoms with Crippen LogP contribution in [0.15, 0.2) is 42.5 Å². The summed E-state index contributed by atoms with van der Waals surface area (Å²) in [5, 5.41) is 3.79. The van der Waals surface area contributed by atoms with Crippen molar-refractivity contribution in [2.24, 2.45) is 0 Å². The van der Waals surface area contributed by atoms with Gasteiger partial charge in [-0.15, -0.1) is 12.4 Å². The maximum Gasteiger partial charge on any atom is 0.258 e. The van der Waals surface area contributed by atoms with E-state index in [0.717, 1.165) is 40.6 Å². The molecule has 0 spiro atoms. The van der Waals surface area contributed by atoms with Crippen LogP contribution in [-0.4, -0.2) is 37.0 Å². The summed E-state index contributed by atoms with van der Waals surface area (Å²) in [6, 6.07) is 13.9. The lowest BCUT2D eigenvalue weighted by molar-refractivity contribution is -0.123. The van der Waals surface area contributed by atoms with Crippen LogP contribution in [0.3, 0.4) is 0 Å². The fourth-order valence-corrected chi connectivity index (χ4v) is 3.96. The molecule has 1 amide bonds. The Balaban J connectivity index is 0.00000300. The van der Waals surface area contributed by atoms with Gasteiger partial charge in [-0.05, 0) is 68.6 Å². The SMILES string of the molecule is Cc1cccc(OCC(=O)NCC(c2ccccc2Cl)N2CCCCC2)c1C.Cl. The molecule has 2 aromatic carbocycles. The minimum atomic E-state index is -0.116. The molecule has 1 N–H and O–H groups in total. The van der Waals surface area contributed by atoms with Crippen LogP contribution in [0.4, 0.5) is 0 Å². The van der Waals surface area contributed by atoms with Gasteiger partial charge in [-0.3, -0.25) is 9.69 Å². The van der Waals surface area contributed by atoms with Crippen LogP contribution in [0, 0.1) is 13.8 Å². The number of aryl methyl sites for hydroxylation is 1. The molecule has 4 nitrogen and oxygen atoms in total. The summed E-state index contributed by atoms with van der Waals surface area (Å²) < 4.78 is 5.73. The van der Waals surface area contributed by atoms with Gasteiger partial charge >= 0.3 is 0 Å². The molecule has 1 aliphatic rings. The first kappa shape index (κ1) is 23.5. The number of amides is 1. The van der Waals surface area contributed by atoms with Crippen LogP contribution in [0.1, 0.15) is 42.0 Å². The second-order valence-corrected chi connectivity index (χ2v) is 7.83. The molecule has 0 aromatic heterocycles. The normalized spacial score (nSPS) is 15.3. The second-order valence-electron chi connectivity index (χ2n) is 7.42. The Morgan fingerprint density at radius 1 is 1.10 bits per heavy atom. The highest BCUT2D eigenvalue weighted by atomic mass is 35.5. The predicted molar refractivity (Wildman–Crippen MR) is 121 cm³/mol. The number of carbonyl (C=O) groups excluding carboxylic acids is 1. The number of ether oxygens (including phenoxy) is 1.